The number of hydrogen-bond acceptors (Lipinski definition) is 3. The summed E-state index contributed by atoms with van der Waals surface area (Å²) < 4.78 is 5.30. The summed E-state index contributed by atoms with van der Waals surface area (Å²) in [7, 11) is 1.71. The average molecular weight is 324 g/mol. The summed E-state index contributed by atoms with van der Waals surface area (Å²) in [6.45, 7) is 5.67. The van der Waals surface area contributed by atoms with Crippen molar-refractivity contribution in [2.24, 2.45) is 0 Å². The molecule has 128 valence electrons. The maximum atomic E-state index is 5.30. The summed E-state index contributed by atoms with van der Waals surface area (Å²) in [4.78, 5) is 7.38. The van der Waals surface area contributed by atoms with E-state index in [0.29, 0.717) is 12.1 Å². The van der Waals surface area contributed by atoms with Crippen LogP contribution in [0.2, 0.25) is 0 Å². The van der Waals surface area contributed by atoms with Crippen molar-refractivity contribution in [2.45, 2.75) is 51.6 Å². The first-order valence-electron chi connectivity index (χ1n) is 9.08. The predicted octanol–water partition coefficient (Wildman–Crippen LogP) is 4.94. The van der Waals surface area contributed by atoms with Crippen LogP contribution >= 0.6 is 0 Å². The van der Waals surface area contributed by atoms with Gasteiger partial charge in [-0.05, 0) is 68.5 Å². The zero-order valence-electron chi connectivity index (χ0n) is 15.0. The summed E-state index contributed by atoms with van der Waals surface area (Å²) in [6, 6.07) is 13.6. The molecule has 3 nitrogen and oxygen atoms in total. The minimum absolute atomic E-state index is 0.369. The second kappa shape index (κ2) is 7.80. The van der Waals surface area contributed by atoms with Crippen LogP contribution in [-0.2, 0) is 6.42 Å². The number of ether oxygens (including phenoxy) is 1. The van der Waals surface area contributed by atoms with Gasteiger partial charge in [-0.15, -0.1) is 0 Å². The van der Waals surface area contributed by atoms with Gasteiger partial charge in [-0.2, -0.15) is 0 Å². The van der Waals surface area contributed by atoms with Crippen LogP contribution in [0.4, 0.5) is 0 Å². The summed E-state index contributed by atoms with van der Waals surface area (Å²) in [6.07, 6.45) is 6.71. The number of benzene rings is 1. The van der Waals surface area contributed by atoms with E-state index < -0.39 is 0 Å². The van der Waals surface area contributed by atoms with E-state index in [9.17, 15) is 0 Å². The van der Waals surface area contributed by atoms with Crippen LogP contribution in [-0.4, -0.2) is 23.5 Å². The molecule has 0 saturated heterocycles. The Morgan fingerprint density at radius 1 is 1.25 bits per heavy atom. The van der Waals surface area contributed by atoms with Crippen molar-refractivity contribution in [2.75, 3.05) is 13.7 Å². The highest BCUT2D eigenvalue weighted by atomic mass is 16.5. The Morgan fingerprint density at radius 3 is 2.75 bits per heavy atom. The van der Waals surface area contributed by atoms with Crippen LogP contribution in [0.15, 0.2) is 42.6 Å². The lowest BCUT2D eigenvalue weighted by Crippen LogP contribution is -2.35. The summed E-state index contributed by atoms with van der Waals surface area (Å²) >= 11 is 0. The molecule has 1 aromatic carbocycles. The summed E-state index contributed by atoms with van der Waals surface area (Å²) in [5.74, 6) is 0.915. The lowest BCUT2D eigenvalue weighted by Gasteiger charge is -2.39. The topological polar surface area (TPSA) is 25.4 Å². The molecule has 3 heteroatoms. The van der Waals surface area contributed by atoms with E-state index in [2.05, 4.69) is 55.1 Å². The smallest absolute Gasteiger partial charge is 0.118 e. The van der Waals surface area contributed by atoms with E-state index in [1.165, 1.54) is 29.7 Å². The molecule has 0 fully saturated rings. The van der Waals surface area contributed by atoms with Gasteiger partial charge in [0, 0.05) is 12.2 Å². The van der Waals surface area contributed by atoms with Crippen LogP contribution in [0.1, 0.15) is 62.0 Å². The number of rotatable bonds is 6. The van der Waals surface area contributed by atoms with Crippen LogP contribution in [0.3, 0.4) is 0 Å². The number of pyridine rings is 1. The molecule has 0 bridgehead atoms. The third-order valence-corrected chi connectivity index (χ3v) is 5.14. The van der Waals surface area contributed by atoms with Crippen LogP contribution in [0.25, 0.3) is 0 Å². The van der Waals surface area contributed by atoms with Crippen molar-refractivity contribution >= 4 is 0 Å². The number of hydrogen-bond donors (Lipinski definition) is 0. The van der Waals surface area contributed by atoms with Gasteiger partial charge in [-0.1, -0.05) is 25.1 Å². The average Bonchev–Trinajstić information content (AvgIpc) is 2.65. The van der Waals surface area contributed by atoms with Crippen LogP contribution in [0.5, 0.6) is 5.75 Å². The highest BCUT2D eigenvalue weighted by molar-refractivity contribution is 5.30. The molecule has 0 radical (unpaired) electrons. The lowest BCUT2D eigenvalue weighted by atomic mass is 9.89. The van der Waals surface area contributed by atoms with Crippen molar-refractivity contribution in [3.8, 4) is 5.75 Å². The van der Waals surface area contributed by atoms with Crippen molar-refractivity contribution in [1.29, 1.82) is 0 Å². The minimum Gasteiger partial charge on any atom is -0.497 e. The lowest BCUT2D eigenvalue weighted by molar-refractivity contribution is 0.125. The molecule has 1 heterocycles. The van der Waals surface area contributed by atoms with Crippen molar-refractivity contribution < 1.29 is 4.74 Å². The highest BCUT2D eigenvalue weighted by Gasteiger charge is 2.30. The molecule has 1 aliphatic rings. The first-order chi connectivity index (χ1) is 11.7. The first-order valence-corrected chi connectivity index (χ1v) is 9.08. The van der Waals surface area contributed by atoms with Gasteiger partial charge >= 0.3 is 0 Å². The van der Waals surface area contributed by atoms with Gasteiger partial charge in [0.15, 0.2) is 0 Å². The standard InChI is InChI=1S/C21H28N2O/c1-4-15-23(16(2)17-10-12-19(24-3)13-11-17)20-9-5-7-18-8-6-14-22-21(18)20/h6,8,10-14,16,20H,4-5,7,9,15H2,1-3H3/t16-,20?/m0/s1. The number of nitrogens with zero attached hydrogens (tertiary/aromatic N) is 2. The van der Waals surface area contributed by atoms with Gasteiger partial charge in [-0.25, -0.2) is 0 Å². The third-order valence-electron chi connectivity index (χ3n) is 5.14. The number of aromatic nitrogens is 1. The third kappa shape index (κ3) is 3.46. The molecule has 24 heavy (non-hydrogen) atoms. The molecule has 0 saturated carbocycles. The van der Waals surface area contributed by atoms with E-state index in [0.717, 1.165) is 25.1 Å². The quantitative estimate of drug-likeness (QED) is 0.752. The second-order valence-electron chi connectivity index (χ2n) is 6.64. The molecular weight excluding hydrogens is 296 g/mol. The van der Waals surface area contributed by atoms with Crippen molar-refractivity contribution in [1.82, 2.24) is 9.88 Å². The molecule has 2 aromatic rings. The van der Waals surface area contributed by atoms with Crippen molar-refractivity contribution in [3.05, 3.63) is 59.4 Å². The van der Waals surface area contributed by atoms with Crippen molar-refractivity contribution in [3.63, 3.8) is 0 Å². The number of methoxy groups -OCH3 is 1. The fraction of sp³-hybridized carbons (Fsp3) is 0.476. The van der Waals surface area contributed by atoms with Gasteiger partial charge < -0.3 is 4.74 Å². The molecule has 2 atom stereocenters. The Kier molecular flexibility index (Phi) is 5.52. The zero-order chi connectivity index (χ0) is 16.9. The van der Waals surface area contributed by atoms with E-state index in [-0.39, 0.29) is 0 Å². The van der Waals surface area contributed by atoms with Gasteiger partial charge in [0.1, 0.15) is 5.75 Å². The Hall–Kier alpha value is -1.87. The van der Waals surface area contributed by atoms with Gasteiger partial charge in [0.25, 0.3) is 0 Å². The molecule has 3 rings (SSSR count). The SMILES string of the molecule is CCCN(C1CCCc2cccnc21)[C@@H](C)c1ccc(OC)cc1. The highest BCUT2D eigenvalue weighted by Crippen LogP contribution is 2.38. The first kappa shape index (κ1) is 17.0. The van der Waals surface area contributed by atoms with Crippen LogP contribution in [0, 0.1) is 0 Å². The normalized spacial score (nSPS) is 18.2. The Labute approximate surface area is 145 Å². The molecule has 0 aliphatic heterocycles. The molecular formula is C21H28N2O. The van der Waals surface area contributed by atoms with Gasteiger partial charge in [0.2, 0.25) is 0 Å². The largest absolute Gasteiger partial charge is 0.497 e. The second-order valence-corrected chi connectivity index (χ2v) is 6.64. The Morgan fingerprint density at radius 2 is 2.04 bits per heavy atom. The molecule has 1 aliphatic carbocycles. The van der Waals surface area contributed by atoms with Gasteiger partial charge in [0.05, 0.1) is 18.8 Å². The Balaban J connectivity index is 1.89. The molecule has 0 spiro atoms. The van der Waals surface area contributed by atoms with E-state index >= 15 is 0 Å². The molecule has 0 N–H and O–H groups in total. The van der Waals surface area contributed by atoms with Crippen LogP contribution < -0.4 is 4.74 Å². The maximum Gasteiger partial charge on any atom is 0.118 e. The fourth-order valence-corrected chi connectivity index (χ4v) is 3.86. The monoisotopic (exact) mass is 324 g/mol. The predicted molar refractivity (Wildman–Crippen MR) is 98.3 cm³/mol. The van der Waals surface area contributed by atoms with Gasteiger partial charge in [-0.3, -0.25) is 9.88 Å². The van der Waals surface area contributed by atoms with E-state index in [4.69, 9.17) is 9.72 Å². The zero-order valence-corrected chi connectivity index (χ0v) is 15.0. The fourth-order valence-electron chi connectivity index (χ4n) is 3.86. The summed E-state index contributed by atoms with van der Waals surface area (Å²) in [5, 5.41) is 0. The number of aryl methyl sites for hydroxylation is 1. The Bertz CT molecular complexity index is 653. The maximum absolute atomic E-state index is 5.30. The molecule has 1 unspecified atom stereocenters. The summed E-state index contributed by atoms with van der Waals surface area (Å²) in [5.41, 5.74) is 4.06. The van der Waals surface area contributed by atoms with E-state index in [1.807, 2.05) is 6.20 Å². The number of fused-ring (bicyclic) bond motifs is 1. The molecule has 0 amide bonds. The molecule has 1 aromatic heterocycles. The van der Waals surface area contributed by atoms with E-state index in [1.54, 1.807) is 7.11 Å². The minimum atomic E-state index is 0.369.